The topological polar surface area (TPSA) is 62.5 Å². The number of nitrogens with two attached hydrogens (primary N) is 1. The van der Waals surface area contributed by atoms with E-state index in [1.165, 1.54) is 6.07 Å². The molecule has 17 heavy (non-hydrogen) atoms. The van der Waals surface area contributed by atoms with E-state index in [0.29, 0.717) is 32.0 Å². The summed E-state index contributed by atoms with van der Waals surface area (Å²) in [5, 5.41) is 0. The number of pyridine rings is 1. The fourth-order valence-corrected chi connectivity index (χ4v) is 1.95. The molecule has 1 amide bonds. The van der Waals surface area contributed by atoms with Crippen LogP contribution in [0.15, 0.2) is 18.3 Å². The Balaban J connectivity index is 1.95. The molecule has 2 rings (SSSR count). The third-order valence-corrected chi connectivity index (χ3v) is 2.79. The summed E-state index contributed by atoms with van der Waals surface area (Å²) in [4.78, 5) is 18.6. The lowest BCUT2D eigenvalue weighted by Gasteiger charge is -2.34. The highest BCUT2D eigenvalue weighted by Gasteiger charge is 2.20. The van der Waals surface area contributed by atoms with Crippen LogP contribution in [0.25, 0.3) is 0 Å². The lowest BCUT2D eigenvalue weighted by molar-refractivity contribution is -0.119. The Morgan fingerprint density at radius 3 is 2.71 bits per heavy atom. The first-order chi connectivity index (χ1) is 8.16. The van der Waals surface area contributed by atoms with Crippen LogP contribution in [-0.4, -0.2) is 48.5 Å². The van der Waals surface area contributed by atoms with Crippen LogP contribution < -0.4 is 10.6 Å². The number of rotatable bonds is 3. The molecule has 0 bridgehead atoms. The first-order valence-electron chi connectivity index (χ1n) is 5.53. The Bertz CT molecular complexity index is 404. The molecule has 5 nitrogen and oxygen atoms in total. The van der Waals surface area contributed by atoms with Crippen LogP contribution in [-0.2, 0) is 4.79 Å². The van der Waals surface area contributed by atoms with Crippen LogP contribution in [0, 0.1) is 5.82 Å². The van der Waals surface area contributed by atoms with Crippen LogP contribution in [0.1, 0.15) is 0 Å². The highest BCUT2D eigenvalue weighted by atomic mass is 19.1. The number of halogens is 1. The van der Waals surface area contributed by atoms with E-state index in [1.54, 1.807) is 12.3 Å². The third kappa shape index (κ3) is 2.91. The van der Waals surface area contributed by atoms with Crippen molar-refractivity contribution in [3.8, 4) is 0 Å². The monoisotopic (exact) mass is 238 g/mol. The van der Waals surface area contributed by atoms with Crippen molar-refractivity contribution in [3.05, 3.63) is 24.1 Å². The molecule has 0 radical (unpaired) electrons. The Labute approximate surface area is 99.0 Å². The van der Waals surface area contributed by atoms with Crippen molar-refractivity contribution in [1.82, 2.24) is 9.88 Å². The molecule has 1 fully saturated rings. The zero-order chi connectivity index (χ0) is 12.3. The summed E-state index contributed by atoms with van der Waals surface area (Å²) in [6.45, 7) is 2.96. The van der Waals surface area contributed by atoms with E-state index in [-0.39, 0.29) is 18.3 Å². The van der Waals surface area contributed by atoms with Gasteiger partial charge in [0.1, 0.15) is 0 Å². The molecule has 92 valence electrons. The molecule has 1 aliphatic rings. The van der Waals surface area contributed by atoms with Gasteiger partial charge in [0, 0.05) is 32.4 Å². The number of carbonyl (C=O) groups is 1. The van der Waals surface area contributed by atoms with Gasteiger partial charge in [-0.15, -0.1) is 0 Å². The lowest BCUT2D eigenvalue weighted by atomic mass is 10.3. The van der Waals surface area contributed by atoms with E-state index in [9.17, 15) is 9.18 Å². The summed E-state index contributed by atoms with van der Waals surface area (Å²) in [5.74, 6) is -0.260. The second-order valence-corrected chi connectivity index (χ2v) is 4.04. The van der Waals surface area contributed by atoms with Gasteiger partial charge in [-0.25, -0.2) is 9.37 Å². The summed E-state index contributed by atoms with van der Waals surface area (Å²) in [6, 6.07) is 2.97. The number of carbonyl (C=O) groups excluding carboxylic acids is 1. The lowest BCUT2D eigenvalue weighted by Crippen LogP contribution is -2.49. The van der Waals surface area contributed by atoms with Crippen LogP contribution >= 0.6 is 0 Å². The first kappa shape index (κ1) is 11.8. The molecule has 1 aromatic rings. The molecule has 0 spiro atoms. The molecular weight excluding hydrogens is 223 g/mol. The fraction of sp³-hybridized carbons (Fsp3) is 0.455. The molecule has 1 saturated heterocycles. The highest BCUT2D eigenvalue weighted by Crippen LogP contribution is 2.16. The number of amides is 1. The number of hydrogen-bond donors (Lipinski definition) is 1. The molecule has 1 aromatic heterocycles. The van der Waals surface area contributed by atoms with Gasteiger partial charge in [-0.2, -0.15) is 0 Å². The Hall–Kier alpha value is -1.69. The van der Waals surface area contributed by atoms with E-state index in [2.05, 4.69) is 4.98 Å². The van der Waals surface area contributed by atoms with Crippen molar-refractivity contribution in [3.63, 3.8) is 0 Å². The van der Waals surface area contributed by atoms with Gasteiger partial charge < -0.3 is 10.6 Å². The summed E-state index contributed by atoms with van der Waals surface area (Å²) in [5.41, 5.74) is 5.13. The number of primary amides is 1. The molecule has 2 heterocycles. The van der Waals surface area contributed by atoms with E-state index >= 15 is 0 Å². The predicted molar refractivity (Wildman–Crippen MR) is 62.0 cm³/mol. The van der Waals surface area contributed by atoms with Gasteiger partial charge in [-0.05, 0) is 12.1 Å². The Morgan fingerprint density at radius 2 is 2.12 bits per heavy atom. The van der Waals surface area contributed by atoms with E-state index in [0.717, 1.165) is 0 Å². The van der Waals surface area contributed by atoms with Gasteiger partial charge >= 0.3 is 0 Å². The average molecular weight is 238 g/mol. The van der Waals surface area contributed by atoms with E-state index in [1.807, 2.05) is 9.80 Å². The molecule has 2 N–H and O–H groups in total. The number of aromatic nitrogens is 1. The van der Waals surface area contributed by atoms with Gasteiger partial charge in [-0.3, -0.25) is 9.69 Å². The SMILES string of the molecule is NC(=O)CN1CCN(c2ncccc2F)CC1. The van der Waals surface area contributed by atoms with Gasteiger partial charge in [0.2, 0.25) is 5.91 Å². The van der Waals surface area contributed by atoms with Crippen molar-refractivity contribution >= 4 is 11.7 Å². The molecule has 0 unspecified atom stereocenters. The molecule has 0 atom stereocenters. The minimum absolute atomic E-state index is 0.262. The number of anilines is 1. The second-order valence-electron chi connectivity index (χ2n) is 4.04. The quantitative estimate of drug-likeness (QED) is 0.794. The Morgan fingerprint density at radius 1 is 1.41 bits per heavy atom. The van der Waals surface area contributed by atoms with E-state index in [4.69, 9.17) is 5.73 Å². The fourth-order valence-electron chi connectivity index (χ4n) is 1.95. The Kier molecular flexibility index (Phi) is 3.53. The number of piperazine rings is 1. The predicted octanol–water partition coefficient (Wildman–Crippen LogP) is -0.172. The van der Waals surface area contributed by atoms with Gasteiger partial charge in [-0.1, -0.05) is 0 Å². The zero-order valence-electron chi connectivity index (χ0n) is 9.47. The molecule has 0 aliphatic carbocycles. The molecule has 0 aromatic carbocycles. The van der Waals surface area contributed by atoms with Crippen molar-refractivity contribution < 1.29 is 9.18 Å². The minimum Gasteiger partial charge on any atom is -0.369 e. The third-order valence-electron chi connectivity index (χ3n) is 2.79. The van der Waals surface area contributed by atoms with Crippen LogP contribution in [0.4, 0.5) is 10.2 Å². The number of hydrogen-bond acceptors (Lipinski definition) is 4. The zero-order valence-corrected chi connectivity index (χ0v) is 9.47. The maximum atomic E-state index is 13.5. The van der Waals surface area contributed by atoms with Crippen LogP contribution in [0.3, 0.4) is 0 Å². The largest absolute Gasteiger partial charge is 0.369 e. The van der Waals surface area contributed by atoms with E-state index < -0.39 is 0 Å². The summed E-state index contributed by atoms with van der Waals surface area (Å²) >= 11 is 0. The highest BCUT2D eigenvalue weighted by molar-refractivity contribution is 5.75. The van der Waals surface area contributed by atoms with Gasteiger partial charge in [0.15, 0.2) is 11.6 Å². The smallest absolute Gasteiger partial charge is 0.231 e. The normalized spacial score (nSPS) is 17.1. The standard InChI is InChI=1S/C11H15FN4O/c12-9-2-1-3-14-11(9)16-6-4-15(5-7-16)8-10(13)17/h1-3H,4-8H2,(H2,13,17). The first-order valence-corrected chi connectivity index (χ1v) is 5.53. The number of nitrogens with zero attached hydrogens (tertiary/aromatic N) is 3. The second kappa shape index (κ2) is 5.09. The van der Waals surface area contributed by atoms with Crippen LogP contribution in [0.2, 0.25) is 0 Å². The molecular formula is C11H15FN4O. The van der Waals surface area contributed by atoms with Crippen LogP contribution in [0.5, 0.6) is 0 Å². The summed E-state index contributed by atoms with van der Waals surface area (Å²) < 4.78 is 13.5. The van der Waals surface area contributed by atoms with Crippen molar-refractivity contribution in [2.24, 2.45) is 5.73 Å². The molecule has 1 aliphatic heterocycles. The van der Waals surface area contributed by atoms with Crippen molar-refractivity contribution in [2.75, 3.05) is 37.6 Å². The maximum Gasteiger partial charge on any atom is 0.231 e. The average Bonchev–Trinajstić information content (AvgIpc) is 2.30. The van der Waals surface area contributed by atoms with Crippen molar-refractivity contribution in [1.29, 1.82) is 0 Å². The summed E-state index contributed by atoms with van der Waals surface area (Å²) in [7, 11) is 0. The molecule has 6 heteroatoms. The minimum atomic E-state index is -0.331. The maximum absolute atomic E-state index is 13.5. The van der Waals surface area contributed by atoms with Crippen molar-refractivity contribution in [2.45, 2.75) is 0 Å². The molecule has 0 saturated carbocycles. The summed E-state index contributed by atoms with van der Waals surface area (Å²) in [6.07, 6.45) is 1.58. The van der Waals surface area contributed by atoms with Gasteiger partial charge in [0.05, 0.1) is 6.54 Å². The van der Waals surface area contributed by atoms with Gasteiger partial charge in [0.25, 0.3) is 0 Å².